The van der Waals surface area contributed by atoms with Crippen LogP contribution in [0.4, 0.5) is 15.8 Å². The number of hydrogen-bond acceptors (Lipinski definition) is 2. The maximum Gasteiger partial charge on any atom is 0.150 e. The highest BCUT2D eigenvalue weighted by Gasteiger charge is 2.05. The Morgan fingerprint density at radius 2 is 1.88 bits per heavy atom. The fourth-order valence-corrected chi connectivity index (χ4v) is 1.61. The largest absolute Gasteiger partial charge is 0.497 e. The Morgan fingerprint density at radius 1 is 1.12 bits per heavy atom. The lowest BCUT2D eigenvalue weighted by Crippen LogP contribution is -1.95. The van der Waals surface area contributed by atoms with E-state index >= 15 is 0 Å². The number of halogens is 2. The Morgan fingerprint density at radius 3 is 2.53 bits per heavy atom. The summed E-state index contributed by atoms with van der Waals surface area (Å²) in [7, 11) is 1.50. The number of para-hydroxylation sites is 1. The molecule has 1 N–H and O–H groups in total. The number of ether oxygens (including phenoxy) is 1. The predicted octanol–water partition coefficient (Wildman–Crippen LogP) is 4.23. The molecule has 0 heterocycles. The molecule has 0 unspecified atom stereocenters. The standard InChI is InChI=1S/C13H11ClFNO/c1-17-9-6-7-13(11(15)8-9)16-12-5-3-2-4-10(12)14/h2-8,16H,1H3. The molecule has 0 amide bonds. The molecule has 2 aromatic carbocycles. The molecule has 2 nitrogen and oxygen atoms in total. The monoisotopic (exact) mass is 251 g/mol. The highest BCUT2D eigenvalue weighted by molar-refractivity contribution is 6.33. The number of hydrogen-bond donors (Lipinski definition) is 1. The topological polar surface area (TPSA) is 21.3 Å². The van der Waals surface area contributed by atoms with E-state index in [2.05, 4.69) is 5.32 Å². The molecule has 4 heteroatoms. The fourth-order valence-electron chi connectivity index (χ4n) is 1.43. The van der Waals surface area contributed by atoms with Crippen LogP contribution in [0.2, 0.25) is 5.02 Å². The van der Waals surface area contributed by atoms with Gasteiger partial charge in [-0.3, -0.25) is 0 Å². The number of methoxy groups -OCH3 is 1. The van der Waals surface area contributed by atoms with Crippen LogP contribution in [0.5, 0.6) is 5.75 Å². The Balaban J connectivity index is 2.28. The highest BCUT2D eigenvalue weighted by Crippen LogP contribution is 2.27. The van der Waals surface area contributed by atoms with Crippen molar-refractivity contribution >= 4 is 23.0 Å². The summed E-state index contributed by atoms with van der Waals surface area (Å²) in [5.41, 5.74) is 1.03. The average Bonchev–Trinajstić information content (AvgIpc) is 2.34. The van der Waals surface area contributed by atoms with Crippen LogP contribution in [-0.2, 0) is 0 Å². The Labute approximate surface area is 104 Å². The van der Waals surface area contributed by atoms with E-state index in [1.54, 1.807) is 24.3 Å². The lowest BCUT2D eigenvalue weighted by atomic mass is 10.2. The predicted molar refractivity (Wildman–Crippen MR) is 67.7 cm³/mol. The maximum absolute atomic E-state index is 13.7. The van der Waals surface area contributed by atoms with Gasteiger partial charge in [-0.15, -0.1) is 0 Å². The fraction of sp³-hybridized carbons (Fsp3) is 0.0769. The van der Waals surface area contributed by atoms with Gasteiger partial charge in [0, 0.05) is 6.07 Å². The van der Waals surface area contributed by atoms with Crippen LogP contribution in [-0.4, -0.2) is 7.11 Å². The molecule has 0 spiro atoms. The Kier molecular flexibility index (Phi) is 3.49. The van der Waals surface area contributed by atoms with Gasteiger partial charge in [-0.05, 0) is 24.3 Å². The van der Waals surface area contributed by atoms with Gasteiger partial charge in [0.25, 0.3) is 0 Å². The molecule has 0 saturated carbocycles. The minimum Gasteiger partial charge on any atom is -0.497 e. The van der Waals surface area contributed by atoms with E-state index in [-0.39, 0.29) is 5.82 Å². The molecular formula is C13H11ClFNO. The second-order valence-corrected chi connectivity index (χ2v) is 3.86. The van der Waals surface area contributed by atoms with Crippen molar-refractivity contribution in [2.45, 2.75) is 0 Å². The summed E-state index contributed by atoms with van der Waals surface area (Å²) in [5, 5.41) is 3.47. The first-order valence-corrected chi connectivity index (χ1v) is 5.43. The summed E-state index contributed by atoms with van der Waals surface area (Å²) in [5.74, 6) is 0.0940. The lowest BCUT2D eigenvalue weighted by Gasteiger charge is -2.10. The third-order valence-corrected chi connectivity index (χ3v) is 2.65. The highest BCUT2D eigenvalue weighted by atomic mass is 35.5. The first kappa shape index (κ1) is 11.7. The minimum absolute atomic E-state index is 0.360. The molecule has 2 aromatic rings. The summed E-state index contributed by atoms with van der Waals surface area (Å²) in [6, 6.07) is 11.8. The van der Waals surface area contributed by atoms with Crippen LogP contribution in [0, 0.1) is 5.82 Å². The molecule has 0 fully saturated rings. The molecule has 0 bridgehead atoms. The van der Waals surface area contributed by atoms with Crippen molar-refractivity contribution in [3.05, 3.63) is 53.3 Å². The van der Waals surface area contributed by atoms with E-state index < -0.39 is 0 Å². The third kappa shape index (κ3) is 2.68. The first-order valence-electron chi connectivity index (χ1n) is 5.06. The summed E-state index contributed by atoms with van der Waals surface area (Å²) in [6.45, 7) is 0. The maximum atomic E-state index is 13.7. The van der Waals surface area contributed by atoms with Gasteiger partial charge in [0.05, 0.1) is 23.5 Å². The van der Waals surface area contributed by atoms with Crippen LogP contribution in [0.25, 0.3) is 0 Å². The number of rotatable bonds is 3. The number of nitrogens with one attached hydrogen (secondary N) is 1. The van der Waals surface area contributed by atoms with Crippen LogP contribution in [0.3, 0.4) is 0 Å². The molecule has 0 atom stereocenters. The van der Waals surface area contributed by atoms with Gasteiger partial charge < -0.3 is 10.1 Å². The molecular weight excluding hydrogens is 241 g/mol. The van der Waals surface area contributed by atoms with Crippen molar-refractivity contribution in [3.8, 4) is 5.75 Å². The molecule has 0 saturated heterocycles. The SMILES string of the molecule is COc1ccc(Nc2ccccc2Cl)c(F)c1. The van der Waals surface area contributed by atoms with Crippen molar-refractivity contribution in [2.75, 3.05) is 12.4 Å². The average molecular weight is 252 g/mol. The molecule has 0 aromatic heterocycles. The Hall–Kier alpha value is -1.74. The quantitative estimate of drug-likeness (QED) is 0.881. The second kappa shape index (κ2) is 5.06. The van der Waals surface area contributed by atoms with Gasteiger partial charge in [-0.1, -0.05) is 23.7 Å². The van der Waals surface area contributed by atoms with Crippen LogP contribution in [0.1, 0.15) is 0 Å². The summed E-state index contributed by atoms with van der Waals surface area (Å²) < 4.78 is 18.6. The zero-order valence-electron chi connectivity index (χ0n) is 9.21. The number of anilines is 2. The van der Waals surface area contributed by atoms with Gasteiger partial charge >= 0.3 is 0 Å². The van der Waals surface area contributed by atoms with E-state index in [4.69, 9.17) is 16.3 Å². The zero-order chi connectivity index (χ0) is 12.3. The molecule has 0 radical (unpaired) electrons. The van der Waals surface area contributed by atoms with Crippen molar-refractivity contribution in [2.24, 2.45) is 0 Å². The van der Waals surface area contributed by atoms with Gasteiger partial charge in [0.15, 0.2) is 0 Å². The molecule has 2 rings (SSSR count). The van der Waals surface area contributed by atoms with E-state index in [0.29, 0.717) is 22.1 Å². The smallest absolute Gasteiger partial charge is 0.150 e. The lowest BCUT2D eigenvalue weighted by molar-refractivity contribution is 0.411. The van der Waals surface area contributed by atoms with E-state index in [1.165, 1.54) is 13.2 Å². The summed E-state index contributed by atoms with van der Waals surface area (Å²) in [4.78, 5) is 0. The van der Waals surface area contributed by atoms with Crippen LogP contribution >= 0.6 is 11.6 Å². The zero-order valence-corrected chi connectivity index (χ0v) is 9.96. The minimum atomic E-state index is -0.385. The molecule has 17 heavy (non-hydrogen) atoms. The van der Waals surface area contributed by atoms with Crippen LogP contribution < -0.4 is 10.1 Å². The first-order chi connectivity index (χ1) is 8.20. The molecule has 0 aliphatic rings. The van der Waals surface area contributed by atoms with E-state index in [9.17, 15) is 4.39 Å². The second-order valence-electron chi connectivity index (χ2n) is 3.45. The summed E-state index contributed by atoms with van der Waals surface area (Å²) in [6.07, 6.45) is 0. The molecule has 88 valence electrons. The van der Waals surface area contributed by atoms with Gasteiger partial charge in [0.2, 0.25) is 0 Å². The van der Waals surface area contributed by atoms with Crippen molar-refractivity contribution in [3.63, 3.8) is 0 Å². The molecule has 0 aliphatic heterocycles. The molecule has 0 aliphatic carbocycles. The van der Waals surface area contributed by atoms with Crippen LogP contribution in [0.15, 0.2) is 42.5 Å². The van der Waals surface area contributed by atoms with Crippen molar-refractivity contribution < 1.29 is 9.13 Å². The number of benzene rings is 2. The summed E-state index contributed by atoms with van der Waals surface area (Å²) >= 11 is 5.98. The van der Waals surface area contributed by atoms with Gasteiger partial charge in [0.1, 0.15) is 11.6 Å². The van der Waals surface area contributed by atoms with Crippen molar-refractivity contribution in [1.29, 1.82) is 0 Å². The van der Waals surface area contributed by atoms with E-state index in [0.717, 1.165) is 0 Å². The van der Waals surface area contributed by atoms with Gasteiger partial charge in [-0.2, -0.15) is 0 Å². The van der Waals surface area contributed by atoms with Gasteiger partial charge in [-0.25, -0.2) is 4.39 Å². The third-order valence-electron chi connectivity index (χ3n) is 2.32. The normalized spacial score (nSPS) is 10.1. The Bertz CT molecular complexity index is 531. The van der Waals surface area contributed by atoms with E-state index in [1.807, 2.05) is 12.1 Å². The van der Waals surface area contributed by atoms with Crippen molar-refractivity contribution in [1.82, 2.24) is 0 Å².